The second kappa shape index (κ2) is 4.76. The van der Waals surface area contributed by atoms with E-state index in [1.165, 1.54) is 0 Å². The van der Waals surface area contributed by atoms with Gasteiger partial charge < -0.3 is 10.3 Å². The highest BCUT2D eigenvalue weighted by Gasteiger charge is 2.13. The van der Waals surface area contributed by atoms with E-state index in [9.17, 15) is 0 Å². The quantitative estimate of drug-likeness (QED) is 0.932. The van der Waals surface area contributed by atoms with Crippen molar-refractivity contribution in [1.29, 1.82) is 0 Å². The third kappa shape index (κ3) is 2.01. The molecular weight excluding hydrogens is 268 g/mol. The fourth-order valence-electron chi connectivity index (χ4n) is 1.68. The highest BCUT2D eigenvalue weighted by Crippen LogP contribution is 2.27. The zero-order valence-corrected chi connectivity index (χ0v) is 10.6. The van der Waals surface area contributed by atoms with Crippen LogP contribution in [0.4, 0.5) is 0 Å². The van der Waals surface area contributed by atoms with E-state index in [2.05, 4.69) is 25.9 Å². The Bertz CT molecular complexity index is 478. The van der Waals surface area contributed by atoms with Crippen molar-refractivity contribution >= 4 is 15.9 Å². The second-order valence-corrected chi connectivity index (χ2v) is 4.26. The fraction of sp³-hybridized carbons (Fsp3) is 0.273. The molecule has 2 N–H and O–H groups in total. The lowest BCUT2D eigenvalue weighted by Crippen LogP contribution is -2.08. The number of hydrogen-bond donors (Lipinski definition) is 1. The maximum Gasteiger partial charge on any atom is 0.132 e. The van der Waals surface area contributed by atoms with Crippen molar-refractivity contribution in [1.82, 2.24) is 14.5 Å². The van der Waals surface area contributed by atoms with Crippen LogP contribution in [0.1, 0.15) is 5.82 Å². The lowest BCUT2D eigenvalue weighted by Gasteiger charge is -2.05. The van der Waals surface area contributed by atoms with Gasteiger partial charge >= 0.3 is 0 Å². The van der Waals surface area contributed by atoms with Crippen LogP contribution < -0.4 is 5.73 Å². The Labute approximate surface area is 103 Å². The van der Waals surface area contributed by atoms with Crippen LogP contribution in [-0.4, -0.2) is 21.1 Å². The Balaban J connectivity index is 2.49. The second-order valence-electron chi connectivity index (χ2n) is 3.51. The standard InChI is InChI=1S/C11H13BrN4/c1-16-9(4-5-13)15-11(12)10(16)8-3-2-6-14-7-8/h2-3,6-7H,4-5,13H2,1H3. The van der Waals surface area contributed by atoms with E-state index in [4.69, 9.17) is 5.73 Å². The molecule has 0 aliphatic heterocycles. The number of pyridine rings is 1. The molecule has 5 heteroatoms. The van der Waals surface area contributed by atoms with Gasteiger partial charge in [0.05, 0.1) is 5.69 Å². The topological polar surface area (TPSA) is 56.7 Å². The molecule has 0 saturated carbocycles. The van der Waals surface area contributed by atoms with Crippen molar-refractivity contribution in [3.8, 4) is 11.3 Å². The molecule has 2 rings (SSSR count). The molecule has 2 heterocycles. The Morgan fingerprint density at radius 3 is 2.94 bits per heavy atom. The van der Waals surface area contributed by atoms with Crippen molar-refractivity contribution < 1.29 is 0 Å². The number of hydrogen-bond acceptors (Lipinski definition) is 3. The minimum Gasteiger partial charge on any atom is -0.330 e. The van der Waals surface area contributed by atoms with Gasteiger partial charge in [0.1, 0.15) is 10.4 Å². The lowest BCUT2D eigenvalue weighted by atomic mass is 10.2. The molecule has 0 bridgehead atoms. The average molecular weight is 281 g/mol. The molecule has 16 heavy (non-hydrogen) atoms. The van der Waals surface area contributed by atoms with Crippen LogP contribution in [0.3, 0.4) is 0 Å². The summed E-state index contributed by atoms with van der Waals surface area (Å²) in [4.78, 5) is 8.56. The zero-order valence-electron chi connectivity index (χ0n) is 9.02. The molecule has 84 valence electrons. The van der Waals surface area contributed by atoms with Gasteiger partial charge in [-0.1, -0.05) is 0 Å². The molecule has 0 aliphatic carbocycles. The molecule has 0 radical (unpaired) electrons. The number of aromatic nitrogens is 3. The average Bonchev–Trinajstić information content (AvgIpc) is 2.56. The minimum absolute atomic E-state index is 0.601. The smallest absolute Gasteiger partial charge is 0.132 e. The minimum atomic E-state index is 0.601. The van der Waals surface area contributed by atoms with Gasteiger partial charge in [0.2, 0.25) is 0 Å². The van der Waals surface area contributed by atoms with Crippen LogP contribution >= 0.6 is 15.9 Å². The molecule has 0 spiro atoms. The van der Waals surface area contributed by atoms with Crippen LogP contribution in [0.25, 0.3) is 11.3 Å². The van der Waals surface area contributed by atoms with Crippen LogP contribution in [0.5, 0.6) is 0 Å². The number of imidazole rings is 1. The fourth-order valence-corrected chi connectivity index (χ4v) is 2.38. The molecule has 4 nitrogen and oxygen atoms in total. The van der Waals surface area contributed by atoms with Crippen LogP contribution in [-0.2, 0) is 13.5 Å². The first-order valence-corrected chi connectivity index (χ1v) is 5.85. The summed E-state index contributed by atoms with van der Waals surface area (Å²) in [5.41, 5.74) is 7.63. The molecule has 0 aromatic carbocycles. The molecule has 0 unspecified atom stereocenters. The van der Waals surface area contributed by atoms with Gasteiger partial charge in [-0.3, -0.25) is 4.98 Å². The Morgan fingerprint density at radius 1 is 1.50 bits per heavy atom. The van der Waals surface area contributed by atoms with E-state index in [0.29, 0.717) is 6.54 Å². The third-order valence-electron chi connectivity index (χ3n) is 2.45. The van der Waals surface area contributed by atoms with Crippen molar-refractivity contribution in [3.63, 3.8) is 0 Å². The number of nitrogens with zero attached hydrogens (tertiary/aromatic N) is 3. The summed E-state index contributed by atoms with van der Waals surface area (Å²) < 4.78 is 2.89. The summed E-state index contributed by atoms with van der Waals surface area (Å²) in [7, 11) is 1.99. The summed E-state index contributed by atoms with van der Waals surface area (Å²) in [6.07, 6.45) is 4.36. The van der Waals surface area contributed by atoms with E-state index in [-0.39, 0.29) is 0 Å². The molecule has 2 aromatic heterocycles. The summed E-state index contributed by atoms with van der Waals surface area (Å²) in [5, 5.41) is 0. The van der Waals surface area contributed by atoms with Crippen molar-refractivity contribution in [3.05, 3.63) is 35.0 Å². The molecule has 0 atom stereocenters. The van der Waals surface area contributed by atoms with E-state index < -0.39 is 0 Å². The predicted octanol–water partition coefficient (Wildman–Crippen LogP) is 1.75. The maximum atomic E-state index is 5.55. The zero-order chi connectivity index (χ0) is 11.5. The first-order chi connectivity index (χ1) is 7.74. The Hall–Kier alpha value is -1.20. The Kier molecular flexibility index (Phi) is 3.36. The molecule has 0 aliphatic rings. The SMILES string of the molecule is Cn1c(CCN)nc(Br)c1-c1cccnc1. The maximum absolute atomic E-state index is 5.55. The Morgan fingerprint density at radius 2 is 2.31 bits per heavy atom. The van der Waals surface area contributed by atoms with Crippen molar-refractivity contribution in [2.75, 3.05) is 6.54 Å². The summed E-state index contributed by atoms with van der Waals surface area (Å²) in [6, 6.07) is 3.93. The highest BCUT2D eigenvalue weighted by atomic mass is 79.9. The van der Waals surface area contributed by atoms with E-state index in [1.807, 2.05) is 29.9 Å². The number of nitrogens with two attached hydrogens (primary N) is 1. The van der Waals surface area contributed by atoms with Crippen LogP contribution in [0.2, 0.25) is 0 Å². The monoisotopic (exact) mass is 280 g/mol. The summed E-state index contributed by atoms with van der Waals surface area (Å²) >= 11 is 3.47. The van der Waals surface area contributed by atoms with E-state index >= 15 is 0 Å². The third-order valence-corrected chi connectivity index (χ3v) is 3.00. The van der Waals surface area contributed by atoms with Gasteiger partial charge in [0, 0.05) is 31.4 Å². The van der Waals surface area contributed by atoms with Gasteiger partial charge in [-0.15, -0.1) is 0 Å². The van der Waals surface area contributed by atoms with E-state index in [0.717, 1.165) is 28.1 Å². The van der Waals surface area contributed by atoms with E-state index in [1.54, 1.807) is 6.20 Å². The summed E-state index contributed by atoms with van der Waals surface area (Å²) in [5.74, 6) is 0.980. The summed E-state index contributed by atoms with van der Waals surface area (Å²) in [6.45, 7) is 0.601. The first kappa shape index (κ1) is 11.3. The first-order valence-electron chi connectivity index (χ1n) is 5.05. The van der Waals surface area contributed by atoms with Crippen molar-refractivity contribution in [2.24, 2.45) is 12.8 Å². The molecule has 2 aromatic rings. The molecule has 0 fully saturated rings. The van der Waals surface area contributed by atoms with Crippen molar-refractivity contribution in [2.45, 2.75) is 6.42 Å². The number of halogens is 1. The molecule has 0 amide bonds. The largest absolute Gasteiger partial charge is 0.330 e. The number of rotatable bonds is 3. The van der Waals surface area contributed by atoms with Gasteiger partial charge in [-0.2, -0.15) is 0 Å². The van der Waals surface area contributed by atoms with Gasteiger partial charge in [0.15, 0.2) is 0 Å². The highest BCUT2D eigenvalue weighted by molar-refractivity contribution is 9.10. The lowest BCUT2D eigenvalue weighted by molar-refractivity contribution is 0.781. The molecule has 0 saturated heterocycles. The normalized spacial score (nSPS) is 10.7. The van der Waals surface area contributed by atoms with Crippen LogP contribution in [0, 0.1) is 0 Å². The van der Waals surface area contributed by atoms with Gasteiger partial charge in [-0.25, -0.2) is 4.98 Å². The van der Waals surface area contributed by atoms with Gasteiger partial charge in [-0.05, 0) is 34.6 Å². The van der Waals surface area contributed by atoms with Crippen LogP contribution in [0.15, 0.2) is 29.1 Å². The molecular formula is C11H13BrN4. The predicted molar refractivity (Wildman–Crippen MR) is 66.9 cm³/mol. The van der Waals surface area contributed by atoms with Gasteiger partial charge in [0.25, 0.3) is 0 Å².